The first-order valence-electron chi connectivity index (χ1n) is 5.01. The van der Waals surface area contributed by atoms with E-state index in [1.54, 1.807) is 6.20 Å². The monoisotopic (exact) mass is 310 g/mol. The van der Waals surface area contributed by atoms with E-state index >= 15 is 0 Å². The maximum Gasteiger partial charge on any atom is 0.194 e. The Bertz CT molecular complexity index is 515. The van der Waals surface area contributed by atoms with Crippen molar-refractivity contribution in [3.63, 3.8) is 0 Å². The summed E-state index contributed by atoms with van der Waals surface area (Å²) in [5.41, 5.74) is 7.34. The average molecular weight is 311 g/mol. The van der Waals surface area contributed by atoms with Gasteiger partial charge in [-0.1, -0.05) is 0 Å². The number of hydrogen-bond donors (Lipinski definition) is 1. The highest BCUT2D eigenvalue weighted by Crippen LogP contribution is 2.23. The van der Waals surface area contributed by atoms with E-state index in [4.69, 9.17) is 5.73 Å². The van der Waals surface area contributed by atoms with Crippen molar-refractivity contribution in [1.82, 2.24) is 15.0 Å². The zero-order valence-corrected chi connectivity index (χ0v) is 11.6. The van der Waals surface area contributed by atoms with Gasteiger partial charge in [0.15, 0.2) is 5.16 Å². The molecular formula is C11H11BrN4S. The maximum atomic E-state index is 5.58. The Morgan fingerprint density at radius 2 is 2.18 bits per heavy atom. The molecular weight excluding hydrogens is 300 g/mol. The van der Waals surface area contributed by atoms with Crippen molar-refractivity contribution in [2.75, 3.05) is 0 Å². The summed E-state index contributed by atoms with van der Waals surface area (Å²) in [5.74, 6) is 0. The minimum atomic E-state index is 0.421. The maximum absolute atomic E-state index is 5.58. The van der Waals surface area contributed by atoms with E-state index in [1.807, 2.05) is 25.1 Å². The van der Waals surface area contributed by atoms with Gasteiger partial charge in [-0.2, -0.15) is 0 Å². The van der Waals surface area contributed by atoms with Crippen LogP contribution in [0.3, 0.4) is 0 Å². The number of nitrogens with zero attached hydrogens (tertiary/aromatic N) is 3. The third-order valence-corrected chi connectivity index (χ3v) is 3.28. The van der Waals surface area contributed by atoms with Crippen LogP contribution in [0.2, 0.25) is 0 Å². The van der Waals surface area contributed by atoms with Crippen molar-refractivity contribution in [2.45, 2.75) is 23.7 Å². The van der Waals surface area contributed by atoms with Gasteiger partial charge in [-0.15, -0.1) is 0 Å². The Kier molecular flexibility index (Phi) is 4.09. The summed E-state index contributed by atoms with van der Waals surface area (Å²) in [6.45, 7) is 2.35. The van der Waals surface area contributed by atoms with E-state index in [9.17, 15) is 0 Å². The fourth-order valence-electron chi connectivity index (χ4n) is 1.27. The summed E-state index contributed by atoms with van der Waals surface area (Å²) in [7, 11) is 0. The number of halogens is 1. The summed E-state index contributed by atoms with van der Waals surface area (Å²) in [6, 6.07) is 5.75. The molecule has 0 radical (unpaired) electrons. The first-order chi connectivity index (χ1) is 8.17. The van der Waals surface area contributed by atoms with Crippen LogP contribution in [0.5, 0.6) is 0 Å². The molecule has 0 unspecified atom stereocenters. The molecule has 2 aromatic heterocycles. The van der Waals surface area contributed by atoms with Crippen LogP contribution >= 0.6 is 27.7 Å². The third-order valence-electron chi connectivity index (χ3n) is 1.99. The number of hydrogen-bond acceptors (Lipinski definition) is 5. The molecule has 2 aromatic rings. The summed E-state index contributed by atoms with van der Waals surface area (Å²) in [6.07, 6.45) is 1.75. The molecule has 2 N–H and O–H groups in total. The second-order valence-electron chi connectivity index (χ2n) is 3.40. The van der Waals surface area contributed by atoms with Crippen molar-refractivity contribution in [1.29, 1.82) is 0 Å². The lowest BCUT2D eigenvalue weighted by Gasteiger charge is -2.03. The van der Waals surface area contributed by atoms with Gasteiger partial charge in [-0.05, 0) is 52.8 Å². The standard InChI is InChI=1S/C11H11BrN4S/c1-7-4-9(5-13)16-11(15-7)17-10-3-2-8(12)6-14-10/h2-4,6H,5,13H2,1H3. The van der Waals surface area contributed by atoms with Gasteiger partial charge in [0.1, 0.15) is 5.03 Å². The number of rotatable bonds is 3. The van der Waals surface area contributed by atoms with Crippen LogP contribution in [0, 0.1) is 6.92 Å². The lowest BCUT2D eigenvalue weighted by molar-refractivity contribution is 0.852. The topological polar surface area (TPSA) is 64.7 Å². The SMILES string of the molecule is Cc1cc(CN)nc(Sc2ccc(Br)cn2)n1. The molecule has 0 aliphatic rings. The third kappa shape index (κ3) is 3.49. The second-order valence-corrected chi connectivity index (χ2v) is 5.31. The van der Waals surface area contributed by atoms with Crippen LogP contribution < -0.4 is 5.73 Å². The summed E-state index contributed by atoms with van der Waals surface area (Å²) in [4.78, 5) is 13.0. The van der Waals surface area contributed by atoms with Gasteiger partial charge in [0.25, 0.3) is 0 Å². The van der Waals surface area contributed by atoms with Crippen LogP contribution in [0.1, 0.15) is 11.4 Å². The van der Waals surface area contributed by atoms with Crippen molar-refractivity contribution in [3.05, 3.63) is 40.3 Å². The average Bonchev–Trinajstić information content (AvgIpc) is 2.31. The van der Waals surface area contributed by atoms with Crippen LogP contribution in [0.4, 0.5) is 0 Å². The summed E-state index contributed by atoms with van der Waals surface area (Å²) < 4.78 is 0.953. The largest absolute Gasteiger partial charge is 0.325 e. The molecule has 88 valence electrons. The molecule has 0 saturated carbocycles. The Morgan fingerprint density at radius 1 is 1.35 bits per heavy atom. The predicted octanol–water partition coefficient (Wildman–Crippen LogP) is 2.55. The summed E-state index contributed by atoms with van der Waals surface area (Å²) in [5, 5.41) is 1.54. The molecule has 0 aromatic carbocycles. The minimum absolute atomic E-state index is 0.421. The van der Waals surface area contributed by atoms with E-state index in [2.05, 4.69) is 30.9 Å². The number of aromatic nitrogens is 3. The highest BCUT2D eigenvalue weighted by molar-refractivity contribution is 9.10. The van der Waals surface area contributed by atoms with Crippen LogP contribution in [0.25, 0.3) is 0 Å². The van der Waals surface area contributed by atoms with Crippen LogP contribution in [0.15, 0.2) is 39.1 Å². The number of nitrogens with two attached hydrogens (primary N) is 1. The molecule has 0 atom stereocenters. The van der Waals surface area contributed by atoms with E-state index < -0.39 is 0 Å². The molecule has 0 amide bonds. The van der Waals surface area contributed by atoms with Gasteiger partial charge in [-0.25, -0.2) is 15.0 Å². The zero-order chi connectivity index (χ0) is 12.3. The molecule has 0 aliphatic heterocycles. The highest BCUT2D eigenvalue weighted by Gasteiger charge is 2.04. The molecule has 6 heteroatoms. The fraction of sp³-hybridized carbons (Fsp3) is 0.182. The van der Waals surface area contributed by atoms with Gasteiger partial charge in [0, 0.05) is 22.9 Å². The zero-order valence-electron chi connectivity index (χ0n) is 9.22. The van der Waals surface area contributed by atoms with E-state index in [0.717, 1.165) is 20.9 Å². The molecule has 0 bridgehead atoms. The molecule has 0 aliphatic carbocycles. The van der Waals surface area contributed by atoms with Gasteiger partial charge < -0.3 is 5.73 Å². The summed E-state index contributed by atoms with van der Waals surface area (Å²) >= 11 is 4.78. The molecule has 0 spiro atoms. The van der Waals surface area contributed by atoms with E-state index in [1.165, 1.54) is 11.8 Å². The Balaban J connectivity index is 2.23. The van der Waals surface area contributed by atoms with Crippen LogP contribution in [-0.4, -0.2) is 15.0 Å². The Labute approximate surface area is 112 Å². The molecule has 0 fully saturated rings. The second kappa shape index (κ2) is 5.57. The van der Waals surface area contributed by atoms with Gasteiger partial charge in [-0.3, -0.25) is 0 Å². The normalized spacial score (nSPS) is 10.5. The smallest absolute Gasteiger partial charge is 0.194 e. The molecule has 2 rings (SSSR count). The Morgan fingerprint density at radius 3 is 2.82 bits per heavy atom. The van der Waals surface area contributed by atoms with Crippen LogP contribution in [-0.2, 0) is 6.54 Å². The van der Waals surface area contributed by atoms with Gasteiger partial charge in [0.2, 0.25) is 0 Å². The van der Waals surface area contributed by atoms with Crippen molar-refractivity contribution in [2.24, 2.45) is 5.73 Å². The van der Waals surface area contributed by atoms with Crippen molar-refractivity contribution < 1.29 is 0 Å². The highest BCUT2D eigenvalue weighted by atomic mass is 79.9. The van der Waals surface area contributed by atoms with Crippen molar-refractivity contribution in [3.8, 4) is 0 Å². The molecule has 4 nitrogen and oxygen atoms in total. The fourth-order valence-corrected chi connectivity index (χ4v) is 2.29. The lowest BCUT2D eigenvalue weighted by atomic mass is 10.3. The molecule has 0 saturated heterocycles. The van der Waals surface area contributed by atoms with E-state index in [0.29, 0.717) is 11.7 Å². The Hall–Kier alpha value is -0.980. The lowest BCUT2D eigenvalue weighted by Crippen LogP contribution is -2.02. The van der Waals surface area contributed by atoms with Gasteiger partial charge >= 0.3 is 0 Å². The predicted molar refractivity (Wildman–Crippen MR) is 70.7 cm³/mol. The quantitative estimate of drug-likeness (QED) is 0.883. The molecule has 17 heavy (non-hydrogen) atoms. The minimum Gasteiger partial charge on any atom is -0.325 e. The number of aryl methyl sites for hydroxylation is 1. The molecule has 2 heterocycles. The number of pyridine rings is 1. The van der Waals surface area contributed by atoms with Crippen molar-refractivity contribution >= 4 is 27.7 Å². The van der Waals surface area contributed by atoms with E-state index in [-0.39, 0.29) is 0 Å². The first kappa shape index (κ1) is 12.5. The van der Waals surface area contributed by atoms with Gasteiger partial charge in [0.05, 0.1) is 5.69 Å². The first-order valence-corrected chi connectivity index (χ1v) is 6.62.